The van der Waals surface area contributed by atoms with E-state index in [4.69, 9.17) is 9.47 Å². The predicted molar refractivity (Wildman–Crippen MR) is 97.6 cm³/mol. The normalized spacial score (nSPS) is 11.2. The van der Waals surface area contributed by atoms with Crippen molar-refractivity contribution >= 4 is 0 Å². The Bertz CT molecular complexity index is 163. The summed E-state index contributed by atoms with van der Waals surface area (Å²) in [5, 5.41) is 0. The van der Waals surface area contributed by atoms with Crippen LogP contribution in [0.3, 0.4) is 0 Å². The van der Waals surface area contributed by atoms with E-state index in [2.05, 4.69) is 13.8 Å². The highest BCUT2D eigenvalue weighted by atomic mass is 16.5. The second kappa shape index (κ2) is 20.9. The van der Waals surface area contributed by atoms with Crippen molar-refractivity contribution in [1.82, 2.24) is 0 Å². The quantitative estimate of drug-likeness (QED) is 0.253. The van der Waals surface area contributed by atoms with Gasteiger partial charge in [-0.1, -0.05) is 78.1 Å². The SMILES string of the molecule is CCCCCCCCOCCCCOCCCCCCCC. The molecule has 2 heteroatoms. The third-order valence-corrected chi connectivity index (χ3v) is 4.11. The molecular formula is C20H42O2. The maximum atomic E-state index is 5.67. The summed E-state index contributed by atoms with van der Waals surface area (Å²) in [6.07, 6.45) is 18.4. The Labute approximate surface area is 140 Å². The predicted octanol–water partition coefficient (Wildman–Crippen LogP) is 6.52. The second-order valence-electron chi connectivity index (χ2n) is 6.47. The van der Waals surface area contributed by atoms with Gasteiger partial charge in [0.2, 0.25) is 0 Å². The van der Waals surface area contributed by atoms with Crippen LogP contribution < -0.4 is 0 Å². The van der Waals surface area contributed by atoms with Crippen LogP contribution in [0.5, 0.6) is 0 Å². The summed E-state index contributed by atoms with van der Waals surface area (Å²) in [4.78, 5) is 0. The average Bonchev–Trinajstić information content (AvgIpc) is 2.54. The molecule has 0 aliphatic heterocycles. The van der Waals surface area contributed by atoms with Gasteiger partial charge in [-0.15, -0.1) is 0 Å². The highest BCUT2D eigenvalue weighted by Gasteiger charge is 1.94. The van der Waals surface area contributed by atoms with Gasteiger partial charge in [0.15, 0.2) is 0 Å². The minimum absolute atomic E-state index is 0.912. The van der Waals surface area contributed by atoms with E-state index in [1.54, 1.807) is 0 Å². The Kier molecular flexibility index (Phi) is 20.8. The zero-order chi connectivity index (χ0) is 16.1. The average molecular weight is 315 g/mol. The lowest BCUT2D eigenvalue weighted by Crippen LogP contribution is -2.01. The topological polar surface area (TPSA) is 18.5 Å². The molecule has 0 saturated carbocycles. The van der Waals surface area contributed by atoms with Crippen molar-refractivity contribution in [2.24, 2.45) is 0 Å². The van der Waals surface area contributed by atoms with E-state index in [1.807, 2.05) is 0 Å². The highest BCUT2D eigenvalue weighted by molar-refractivity contribution is 4.45. The van der Waals surface area contributed by atoms with Crippen molar-refractivity contribution in [1.29, 1.82) is 0 Å². The maximum absolute atomic E-state index is 5.67. The molecule has 0 fully saturated rings. The first kappa shape index (κ1) is 21.9. The molecule has 0 bridgehead atoms. The fourth-order valence-electron chi connectivity index (χ4n) is 2.58. The third-order valence-electron chi connectivity index (χ3n) is 4.11. The summed E-state index contributed by atoms with van der Waals surface area (Å²) >= 11 is 0. The van der Waals surface area contributed by atoms with E-state index < -0.39 is 0 Å². The van der Waals surface area contributed by atoms with Gasteiger partial charge in [-0.05, 0) is 25.7 Å². The standard InChI is InChI=1S/C20H42O2/c1-3-5-7-9-11-13-17-21-19-15-16-20-22-18-14-12-10-8-6-4-2/h3-20H2,1-2H3. The zero-order valence-electron chi connectivity index (χ0n) is 15.5. The zero-order valence-corrected chi connectivity index (χ0v) is 15.5. The molecule has 0 amide bonds. The fourth-order valence-corrected chi connectivity index (χ4v) is 2.58. The van der Waals surface area contributed by atoms with Crippen LogP contribution in [0.4, 0.5) is 0 Å². The van der Waals surface area contributed by atoms with Crippen molar-refractivity contribution in [2.45, 2.75) is 104 Å². The van der Waals surface area contributed by atoms with Crippen molar-refractivity contribution in [3.63, 3.8) is 0 Å². The smallest absolute Gasteiger partial charge is 0.0466 e. The first-order valence-corrected chi connectivity index (χ1v) is 10.1. The van der Waals surface area contributed by atoms with Crippen molar-refractivity contribution in [3.8, 4) is 0 Å². The van der Waals surface area contributed by atoms with E-state index in [9.17, 15) is 0 Å². The van der Waals surface area contributed by atoms with Gasteiger partial charge in [-0.25, -0.2) is 0 Å². The monoisotopic (exact) mass is 314 g/mol. The Morgan fingerprint density at radius 1 is 0.364 bits per heavy atom. The summed E-state index contributed by atoms with van der Waals surface area (Å²) in [6.45, 7) is 8.25. The van der Waals surface area contributed by atoms with Gasteiger partial charge in [0.25, 0.3) is 0 Å². The van der Waals surface area contributed by atoms with Crippen LogP contribution in [0.1, 0.15) is 104 Å². The van der Waals surface area contributed by atoms with Crippen molar-refractivity contribution in [3.05, 3.63) is 0 Å². The van der Waals surface area contributed by atoms with Crippen molar-refractivity contribution < 1.29 is 9.47 Å². The number of hydrogen-bond acceptors (Lipinski definition) is 2. The summed E-state index contributed by atoms with van der Waals surface area (Å²) in [7, 11) is 0. The molecule has 0 aromatic carbocycles. The lowest BCUT2D eigenvalue weighted by atomic mass is 10.1. The first-order valence-electron chi connectivity index (χ1n) is 10.1. The summed E-state index contributed by atoms with van der Waals surface area (Å²) in [5.41, 5.74) is 0. The van der Waals surface area contributed by atoms with Gasteiger partial charge in [0.1, 0.15) is 0 Å². The lowest BCUT2D eigenvalue weighted by Gasteiger charge is -2.06. The molecule has 22 heavy (non-hydrogen) atoms. The molecule has 0 aliphatic rings. The van der Waals surface area contributed by atoms with E-state index in [0.29, 0.717) is 0 Å². The molecule has 0 rings (SSSR count). The number of rotatable bonds is 19. The number of ether oxygens (including phenoxy) is 2. The Balaban J connectivity index is 2.91. The van der Waals surface area contributed by atoms with Crippen molar-refractivity contribution in [2.75, 3.05) is 26.4 Å². The number of hydrogen-bond donors (Lipinski definition) is 0. The molecule has 0 aromatic heterocycles. The van der Waals surface area contributed by atoms with Gasteiger partial charge in [-0.3, -0.25) is 0 Å². The summed E-state index contributed by atoms with van der Waals surface area (Å²) < 4.78 is 11.3. The molecule has 0 unspecified atom stereocenters. The molecule has 0 aliphatic carbocycles. The van der Waals surface area contributed by atoms with Crippen LogP contribution in [0.25, 0.3) is 0 Å². The Morgan fingerprint density at radius 3 is 1.00 bits per heavy atom. The van der Waals surface area contributed by atoms with Gasteiger partial charge in [0, 0.05) is 26.4 Å². The Morgan fingerprint density at radius 2 is 0.636 bits per heavy atom. The van der Waals surface area contributed by atoms with E-state index >= 15 is 0 Å². The van der Waals surface area contributed by atoms with Crippen LogP contribution in [0.15, 0.2) is 0 Å². The van der Waals surface area contributed by atoms with Crippen LogP contribution >= 0.6 is 0 Å². The molecule has 0 saturated heterocycles. The molecule has 0 spiro atoms. The fraction of sp³-hybridized carbons (Fsp3) is 1.00. The minimum Gasteiger partial charge on any atom is -0.381 e. The van der Waals surface area contributed by atoms with E-state index in [0.717, 1.165) is 39.3 Å². The van der Waals surface area contributed by atoms with Gasteiger partial charge < -0.3 is 9.47 Å². The van der Waals surface area contributed by atoms with Crippen LogP contribution in [0, 0.1) is 0 Å². The largest absolute Gasteiger partial charge is 0.381 e. The van der Waals surface area contributed by atoms with Crippen LogP contribution in [-0.4, -0.2) is 26.4 Å². The van der Waals surface area contributed by atoms with Gasteiger partial charge in [0.05, 0.1) is 0 Å². The van der Waals surface area contributed by atoms with Crippen LogP contribution in [0.2, 0.25) is 0 Å². The molecular weight excluding hydrogens is 272 g/mol. The third kappa shape index (κ3) is 19.9. The van der Waals surface area contributed by atoms with Gasteiger partial charge >= 0.3 is 0 Å². The molecule has 2 nitrogen and oxygen atoms in total. The number of unbranched alkanes of at least 4 members (excludes halogenated alkanes) is 11. The van der Waals surface area contributed by atoms with E-state index in [1.165, 1.54) is 77.0 Å². The van der Waals surface area contributed by atoms with Gasteiger partial charge in [-0.2, -0.15) is 0 Å². The second-order valence-corrected chi connectivity index (χ2v) is 6.47. The molecule has 0 atom stereocenters. The lowest BCUT2D eigenvalue weighted by molar-refractivity contribution is 0.0991. The molecule has 0 radical (unpaired) electrons. The minimum atomic E-state index is 0.912. The highest BCUT2D eigenvalue weighted by Crippen LogP contribution is 2.06. The summed E-state index contributed by atoms with van der Waals surface area (Å²) in [6, 6.07) is 0. The maximum Gasteiger partial charge on any atom is 0.0466 e. The van der Waals surface area contributed by atoms with E-state index in [-0.39, 0.29) is 0 Å². The molecule has 0 N–H and O–H groups in total. The molecule has 134 valence electrons. The summed E-state index contributed by atoms with van der Waals surface area (Å²) in [5.74, 6) is 0. The molecule has 0 heterocycles. The first-order chi connectivity index (χ1) is 10.9. The Hall–Kier alpha value is -0.0800. The van der Waals surface area contributed by atoms with Crippen LogP contribution in [-0.2, 0) is 9.47 Å². The molecule has 0 aromatic rings.